The predicted octanol–water partition coefficient (Wildman–Crippen LogP) is 2.12. The molecule has 2 N–H and O–H groups in total. The van der Waals surface area contributed by atoms with E-state index in [1.165, 1.54) is 32.1 Å². The first-order valence-corrected chi connectivity index (χ1v) is 3.91. The van der Waals surface area contributed by atoms with Crippen LogP contribution < -0.4 is 5.73 Å². The molecule has 1 heteroatoms. The molecule has 1 nitrogen and oxygen atoms in total. The van der Waals surface area contributed by atoms with Gasteiger partial charge in [0.1, 0.15) is 0 Å². The van der Waals surface area contributed by atoms with Crippen LogP contribution in [0.25, 0.3) is 0 Å². The van der Waals surface area contributed by atoms with Crippen molar-refractivity contribution in [2.75, 3.05) is 6.54 Å². The van der Waals surface area contributed by atoms with Crippen LogP contribution in [-0.2, 0) is 0 Å². The third-order valence-electron chi connectivity index (χ3n) is 1.45. The molecule has 0 aromatic carbocycles. The van der Waals surface area contributed by atoms with Gasteiger partial charge >= 0.3 is 0 Å². The molecular weight excluding hydrogens is 110 g/mol. The summed E-state index contributed by atoms with van der Waals surface area (Å²) in [4.78, 5) is 0. The van der Waals surface area contributed by atoms with Gasteiger partial charge in [-0.1, -0.05) is 12.8 Å². The van der Waals surface area contributed by atoms with Crippen LogP contribution in [-0.4, -0.2) is 6.54 Å². The molecular formula is C8H18N+. The van der Waals surface area contributed by atoms with Gasteiger partial charge in [-0.3, -0.25) is 0 Å². The Morgan fingerprint density at radius 2 is 1.44 bits per heavy atom. The average Bonchev–Trinajstić information content (AvgIpc) is 1.89. The fourth-order valence-electron chi connectivity index (χ4n) is 0.851. The molecule has 0 aromatic rings. The molecule has 54 valence electrons. The van der Waals surface area contributed by atoms with E-state index in [9.17, 15) is 0 Å². The van der Waals surface area contributed by atoms with Gasteiger partial charge in [0.2, 0.25) is 0 Å². The molecule has 0 aromatic heterocycles. The van der Waals surface area contributed by atoms with Crippen molar-refractivity contribution >= 4 is 0 Å². The highest BCUT2D eigenvalue weighted by molar-refractivity contribution is 4.45. The van der Waals surface area contributed by atoms with Gasteiger partial charge in [0.05, 0.1) is 13.3 Å². The molecule has 0 aliphatic heterocycles. The van der Waals surface area contributed by atoms with Gasteiger partial charge in [-0.25, -0.2) is 0 Å². The zero-order chi connectivity index (χ0) is 6.95. The maximum absolute atomic E-state index is 5.33. The Bertz CT molecular complexity index is 37.8. The minimum atomic E-state index is 0.852. The minimum absolute atomic E-state index is 0.852. The SMILES string of the molecule is [CH2+]CCCCCCCN. The Labute approximate surface area is 58.6 Å². The molecule has 0 aliphatic carbocycles. The first kappa shape index (κ1) is 8.83. The van der Waals surface area contributed by atoms with E-state index >= 15 is 0 Å². The van der Waals surface area contributed by atoms with E-state index in [4.69, 9.17) is 5.73 Å². The van der Waals surface area contributed by atoms with Gasteiger partial charge in [0, 0.05) is 0 Å². The average molecular weight is 128 g/mol. The van der Waals surface area contributed by atoms with Crippen LogP contribution in [0.1, 0.15) is 38.5 Å². The van der Waals surface area contributed by atoms with E-state index in [0.29, 0.717) is 0 Å². The van der Waals surface area contributed by atoms with Crippen LogP contribution >= 0.6 is 0 Å². The van der Waals surface area contributed by atoms with Crippen molar-refractivity contribution in [2.45, 2.75) is 38.5 Å². The van der Waals surface area contributed by atoms with Crippen molar-refractivity contribution in [2.24, 2.45) is 5.73 Å². The summed E-state index contributed by atoms with van der Waals surface area (Å²) in [5.74, 6) is 0. The summed E-state index contributed by atoms with van der Waals surface area (Å²) in [6, 6.07) is 0. The fourth-order valence-corrected chi connectivity index (χ4v) is 0.851. The van der Waals surface area contributed by atoms with Crippen LogP contribution in [0.15, 0.2) is 0 Å². The standard InChI is InChI=1S/C8H18N/c1-2-3-4-5-6-7-8-9/h1-9H2/q+1. The van der Waals surface area contributed by atoms with E-state index in [0.717, 1.165) is 13.0 Å². The van der Waals surface area contributed by atoms with E-state index in [2.05, 4.69) is 6.92 Å². The Balaban J connectivity index is 2.60. The normalized spacial score (nSPS) is 9.89. The highest BCUT2D eigenvalue weighted by Crippen LogP contribution is 2.03. The molecule has 9 heavy (non-hydrogen) atoms. The number of hydrogen-bond donors (Lipinski definition) is 1. The number of unbranched alkanes of at least 4 members (excludes halogenated alkanes) is 5. The Morgan fingerprint density at radius 1 is 0.889 bits per heavy atom. The first-order valence-electron chi connectivity index (χ1n) is 3.91. The zero-order valence-corrected chi connectivity index (χ0v) is 6.23. The highest BCUT2D eigenvalue weighted by Gasteiger charge is 1.88. The Morgan fingerprint density at radius 3 is 2.00 bits per heavy atom. The molecule has 0 amide bonds. The van der Waals surface area contributed by atoms with E-state index in [1.54, 1.807) is 0 Å². The lowest BCUT2D eigenvalue weighted by molar-refractivity contribution is 0.622. The van der Waals surface area contributed by atoms with E-state index < -0.39 is 0 Å². The number of hydrogen-bond acceptors (Lipinski definition) is 1. The Hall–Kier alpha value is -0.170. The molecule has 0 radical (unpaired) electrons. The van der Waals surface area contributed by atoms with Crippen molar-refractivity contribution in [1.82, 2.24) is 0 Å². The highest BCUT2D eigenvalue weighted by atomic mass is 14.5. The number of nitrogens with two attached hydrogens (primary N) is 1. The monoisotopic (exact) mass is 128 g/mol. The third-order valence-corrected chi connectivity index (χ3v) is 1.45. The summed E-state index contributed by atoms with van der Waals surface area (Å²) in [6.45, 7) is 4.63. The van der Waals surface area contributed by atoms with Crippen LogP contribution in [0.2, 0.25) is 0 Å². The Kier molecular flexibility index (Phi) is 7.68. The van der Waals surface area contributed by atoms with Crippen LogP contribution in [0, 0.1) is 6.92 Å². The third kappa shape index (κ3) is 7.83. The molecule has 0 saturated carbocycles. The summed E-state index contributed by atoms with van der Waals surface area (Å²) < 4.78 is 0. The lowest BCUT2D eigenvalue weighted by Gasteiger charge is -1.94. The predicted molar refractivity (Wildman–Crippen MR) is 42.1 cm³/mol. The van der Waals surface area contributed by atoms with Crippen molar-refractivity contribution in [3.8, 4) is 0 Å². The van der Waals surface area contributed by atoms with Gasteiger partial charge < -0.3 is 5.73 Å². The van der Waals surface area contributed by atoms with Crippen LogP contribution in [0.4, 0.5) is 0 Å². The second-order valence-electron chi connectivity index (χ2n) is 2.41. The molecule has 0 atom stereocenters. The molecule has 0 rings (SSSR count). The van der Waals surface area contributed by atoms with Gasteiger partial charge in [-0.05, 0) is 25.8 Å². The second kappa shape index (κ2) is 7.83. The fraction of sp³-hybridized carbons (Fsp3) is 0.875. The van der Waals surface area contributed by atoms with Gasteiger partial charge in [-0.15, -0.1) is 0 Å². The van der Waals surface area contributed by atoms with Crippen molar-refractivity contribution < 1.29 is 0 Å². The second-order valence-corrected chi connectivity index (χ2v) is 2.41. The van der Waals surface area contributed by atoms with Gasteiger partial charge in [-0.2, -0.15) is 0 Å². The topological polar surface area (TPSA) is 26.0 Å². The zero-order valence-electron chi connectivity index (χ0n) is 6.23. The summed E-state index contributed by atoms with van der Waals surface area (Å²) in [5, 5.41) is 0. The summed E-state index contributed by atoms with van der Waals surface area (Å²) in [7, 11) is 0. The molecule has 0 heterocycles. The maximum Gasteiger partial charge on any atom is 0.0850 e. The first-order chi connectivity index (χ1) is 4.41. The molecule has 0 unspecified atom stereocenters. The molecule has 0 spiro atoms. The maximum atomic E-state index is 5.33. The lowest BCUT2D eigenvalue weighted by atomic mass is 10.1. The van der Waals surface area contributed by atoms with E-state index in [-0.39, 0.29) is 0 Å². The summed E-state index contributed by atoms with van der Waals surface area (Å²) in [6.07, 6.45) is 7.54. The molecule has 0 bridgehead atoms. The van der Waals surface area contributed by atoms with E-state index in [1.807, 2.05) is 0 Å². The van der Waals surface area contributed by atoms with Crippen LogP contribution in [0.3, 0.4) is 0 Å². The smallest absolute Gasteiger partial charge is 0.0850 e. The lowest BCUT2D eigenvalue weighted by Crippen LogP contribution is -1.97. The van der Waals surface area contributed by atoms with Crippen molar-refractivity contribution in [3.05, 3.63) is 6.92 Å². The summed E-state index contributed by atoms with van der Waals surface area (Å²) in [5.41, 5.74) is 5.33. The minimum Gasteiger partial charge on any atom is -0.330 e. The van der Waals surface area contributed by atoms with Gasteiger partial charge in [0.25, 0.3) is 0 Å². The van der Waals surface area contributed by atoms with Gasteiger partial charge in [0.15, 0.2) is 0 Å². The van der Waals surface area contributed by atoms with Crippen LogP contribution in [0.5, 0.6) is 0 Å². The molecule has 0 aliphatic rings. The number of rotatable bonds is 6. The molecule has 0 fully saturated rings. The van der Waals surface area contributed by atoms with Crippen molar-refractivity contribution in [1.29, 1.82) is 0 Å². The van der Waals surface area contributed by atoms with Crippen molar-refractivity contribution in [3.63, 3.8) is 0 Å². The summed E-state index contributed by atoms with van der Waals surface area (Å²) >= 11 is 0. The largest absolute Gasteiger partial charge is 0.330 e. The quantitative estimate of drug-likeness (QED) is 0.430. The molecule has 0 saturated heterocycles.